The van der Waals surface area contributed by atoms with E-state index in [2.05, 4.69) is 48.5 Å². The summed E-state index contributed by atoms with van der Waals surface area (Å²) in [4.78, 5) is 11.0. The lowest BCUT2D eigenvalue weighted by atomic mass is 9.96. The van der Waals surface area contributed by atoms with Gasteiger partial charge in [-0.2, -0.15) is 0 Å². The maximum absolute atomic E-state index is 5.93. The van der Waals surface area contributed by atoms with E-state index in [1.807, 2.05) is 0 Å². The Labute approximate surface area is 150 Å². The highest BCUT2D eigenvalue weighted by Gasteiger charge is 2.28. The van der Waals surface area contributed by atoms with Crippen LogP contribution in [0.1, 0.15) is 93.4 Å². The molecule has 0 rings (SSSR count). The Balaban J connectivity index is 4.00. The first-order chi connectivity index (χ1) is 11.2. The largest absolute Gasteiger partial charge is 0.375 e. The van der Waals surface area contributed by atoms with Crippen LogP contribution in [0.4, 0.5) is 0 Å². The van der Waals surface area contributed by atoms with Gasteiger partial charge in [-0.25, -0.2) is 9.78 Å². The highest BCUT2D eigenvalue weighted by molar-refractivity contribution is 4.68. The van der Waals surface area contributed by atoms with Crippen LogP contribution >= 0.6 is 0 Å². The standard InChI is InChI=1S/C20H42O4/c1-8-10-12-15-21-18(19(3,4)5)24-23-17-14-20(6,7)22-16-13-11-9-2/h18H,8-17H2,1-7H3. The first kappa shape index (κ1) is 23.8. The monoisotopic (exact) mass is 346 g/mol. The van der Waals surface area contributed by atoms with Gasteiger partial charge in [0.05, 0.1) is 12.2 Å². The van der Waals surface area contributed by atoms with Crippen molar-refractivity contribution < 1.29 is 19.2 Å². The molecule has 1 unspecified atom stereocenters. The quantitative estimate of drug-likeness (QED) is 0.160. The molecule has 0 aromatic carbocycles. The Morgan fingerprint density at radius 1 is 0.750 bits per heavy atom. The first-order valence-corrected chi connectivity index (χ1v) is 9.76. The zero-order valence-corrected chi connectivity index (χ0v) is 17.3. The molecular formula is C20H42O4. The Morgan fingerprint density at radius 2 is 1.33 bits per heavy atom. The van der Waals surface area contributed by atoms with Crippen LogP contribution in [0.25, 0.3) is 0 Å². The smallest absolute Gasteiger partial charge is 0.196 e. The summed E-state index contributed by atoms with van der Waals surface area (Å²) >= 11 is 0. The van der Waals surface area contributed by atoms with Gasteiger partial charge in [0.1, 0.15) is 0 Å². The molecule has 0 aromatic rings. The SMILES string of the molecule is CCCCCOC(OOCCC(C)(C)OCCCCC)C(C)(C)C. The van der Waals surface area contributed by atoms with Gasteiger partial charge in [0.2, 0.25) is 0 Å². The minimum Gasteiger partial charge on any atom is -0.375 e. The normalized spacial score (nSPS) is 14.1. The number of ether oxygens (including phenoxy) is 2. The van der Waals surface area contributed by atoms with Gasteiger partial charge in [0.25, 0.3) is 0 Å². The van der Waals surface area contributed by atoms with Crippen molar-refractivity contribution in [1.82, 2.24) is 0 Å². The highest BCUT2D eigenvalue weighted by Crippen LogP contribution is 2.24. The molecule has 0 saturated heterocycles. The van der Waals surface area contributed by atoms with E-state index in [1.54, 1.807) is 0 Å². The molecular weight excluding hydrogens is 304 g/mol. The lowest BCUT2D eigenvalue weighted by Gasteiger charge is -2.30. The third-order valence-electron chi connectivity index (χ3n) is 3.91. The maximum atomic E-state index is 5.93. The molecule has 4 heteroatoms. The van der Waals surface area contributed by atoms with Crippen molar-refractivity contribution in [3.8, 4) is 0 Å². The Morgan fingerprint density at radius 3 is 1.88 bits per heavy atom. The lowest BCUT2D eigenvalue weighted by molar-refractivity contribution is -0.401. The average Bonchev–Trinajstić information content (AvgIpc) is 2.48. The van der Waals surface area contributed by atoms with Gasteiger partial charge < -0.3 is 9.47 Å². The van der Waals surface area contributed by atoms with Gasteiger partial charge in [-0.05, 0) is 26.7 Å². The zero-order valence-electron chi connectivity index (χ0n) is 17.3. The summed E-state index contributed by atoms with van der Waals surface area (Å²) in [6.07, 6.45) is 7.44. The van der Waals surface area contributed by atoms with Crippen molar-refractivity contribution >= 4 is 0 Å². The van der Waals surface area contributed by atoms with Crippen LogP contribution in [-0.4, -0.2) is 31.7 Å². The fourth-order valence-corrected chi connectivity index (χ4v) is 2.13. The van der Waals surface area contributed by atoms with Gasteiger partial charge in [0.15, 0.2) is 6.29 Å². The molecule has 0 N–H and O–H groups in total. The van der Waals surface area contributed by atoms with Crippen molar-refractivity contribution in [3.05, 3.63) is 0 Å². The number of rotatable bonds is 15. The van der Waals surface area contributed by atoms with E-state index < -0.39 is 0 Å². The molecule has 0 spiro atoms. The summed E-state index contributed by atoms with van der Waals surface area (Å²) in [5, 5.41) is 0. The van der Waals surface area contributed by atoms with Crippen molar-refractivity contribution in [3.63, 3.8) is 0 Å². The van der Waals surface area contributed by atoms with Crippen LogP contribution in [-0.2, 0) is 19.2 Å². The van der Waals surface area contributed by atoms with E-state index in [0.717, 1.165) is 25.9 Å². The minimum atomic E-state index is -0.344. The summed E-state index contributed by atoms with van der Waals surface area (Å²) in [5.41, 5.74) is -0.297. The van der Waals surface area contributed by atoms with E-state index in [0.29, 0.717) is 13.2 Å². The third kappa shape index (κ3) is 13.2. The summed E-state index contributed by atoms with van der Waals surface area (Å²) in [6.45, 7) is 16.9. The van der Waals surface area contributed by atoms with Crippen molar-refractivity contribution in [2.75, 3.05) is 19.8 Å². The number of hydrogen-bond donors (Lipinski definition) is 0. The molecule has 0 aliphatic heterocycles. The molecule has 4 nitrogen and oxygen atoms in total. The van der Waals surface area contributed by atoms with Crippen LogP contribution in [0, 0.1) is 5.41 Å². The summed E-state index contributed by atoms with van der Waals surface area (Å²) in [6, 6.07) is 0. The molecule has 0 heterocycles. The van der Waals surface area contributed by atoms with Gasteiger partial charge in [0, 0.05) is 25.0 Å². The molecule has 0 amide bonds. The summed E-state index contributed by atoms with van der Waals surface area (Å²) in [5.74, 6) is 0. The van der Waals surface area contributed by atoms with E-state index in [-0.39, 0.29) is 17.3 Å². The fraction of sp³-hybridized carbons (Fsp3) is 1.00. The number of hydrogen-bond acceptors (Lipinski definition) is 4. The topological polar surface area (TPSA) is 36.9 Å². The molecule has 0 radical (unpaired) electrons. The van der Waals surface area contributed by atoms with Crippen molar-refractivity contribution in [1.29, 1.82) is 0 Å². The summed E-state index contributed by atoms with van der Waals surface area (Å²) < 4.78 is 11.8. The molecule has 24 heavy (non-hydrogen) atoms. The molecule has 1 atom stereocenters. The van der Waals surface area contributed by atoms with Gasteiger partial charge in [-0.3, -0.25) is 0 Å². The lowest BCUT2D eigenvalue weighted by Crippen LogP contribution is -2.33. The van der Waals surface area contributed by atoms with Gasteiger partial charge in [-0.15, -0.1) is 0 Å². The predicted molar refractivity (Wildman–Crippen MR) is 99.9 cm³/mol. The predicted octanol–water partition coefficient (Wildman–Crippen LogP) is 5.89. The van der Waals surface area contributed by atoms with E-state index in [9.17, 15) is 0 Å². The van der Waals surface area contributed by atoms with Gasteiger partial charge >= 0.3 is 0 Å². The zero-order chi connectivity index (χ0) is 18.5. The minimum absolute atomic E-state index is 0.113. The molecule has 0 aliphatic carbocycles. The Hall–Kier alpha value is -0.160. The van der Waals surface area contributed by atoms with Gasteiger partial charge in [-0.1, -0.05) is 60.3 Å². The van der Waals surface area contributed by atoms with Crippen LogP contribution in [0.15, 0.2) is 0 Å². The second kappa shape index (κ2) is 13.1. The van der Waals surface area contributed by atoms with E-state index >= 15 is 0 Å². The van der Waals surface area contributed by atoms with Crippen molar-refractivity contribution in [2.24, 2.45) is 5.41 Å². The van der Waals surface area contributed by atoms with Crippen molar-refractivity contribution in [2.45, 2.75) is 105 Å². The molecule has 0 bridgehead atoms. The second-order valence-electron chi connectivity index (χ2n) is 8.26. The fourth-order valence-electron chi connectivity index (χ4n) is 2.13. The number of unbranched alkanes of at least 4 members (excludes halogenated alkanes) is 4. The molecule has 146 valence electrons. The van der Waals surface area contributed by atoms with E-state index in [1.165, 1.54) is 25.7 Å². The van der Waals surface area contributed by atoms with Crippen LogP contribution in [0.2, 0.25) is 0 Å². The van der Waals surface area contributed by atoms with Crippen LogP contribution in [0.5, 0.6) is 0 Å². The Kier molecular flexibility index (Phi) is 13.0. The summed E-state index contributed by atoms with van der Waals surface area (Å²) in [7, 11) is 0. The first-order valence-electron chi connectivity index (χ1n) is 9.76. The highest BCUT2D eigenvalue weighted by atomic mass is 17.2. The van der Waals surface area contributed by atoms with E-state index in [4.69, 9.17) is 19.2 Å². The average molecular weight is 347 g/mol. The maximum Gasteiger partial charge on any atom is 0.196 e. The van der Waals surface area contributed by atoms with Crippen LogP contribution < -0.4 is 0 Å². The second-order valence-corrected chi connectivity index (χ2v) is 8.26. The third-order valence-corrected chi connectivity index (χ3v) is 3.91. The molecule has 0 aliphatic rings. The van der Waals surface area contributed by atoms with Crippen LogP contribution in [0.3, 0.4) is 0 Å². The Bertz CT molecular complexity index is 284. The molecule has 0 aromatic heterocycles. The molecule has 0 fully saturated rings. The molecule has 0 saturated carbocycles.